The molecule has 0 bridgehead atoms. The molecule has 2 unspecified atom stereocenters. The van der Waals surface area contributed by atoms with Crippen LogP contribution in [0.15, 0.2) is 47.2 Å². The number of nitrogens with one attached hydrogen (secondary N) is 1. The maximum Gasteiger partial charge on any atom is 0.247 e. The predicted molar refractivity (Wildman–Crippen MR) is 99.0 cm³/mol. The number of anilines is 1. The van der Waals surface area contributed by atoms with E-state index < -0.39 is 6.04 Å². The lowest BCUT2D eigenvalue weighted by molar-refractivity contribution is -0.121. The van der Waals surface area contributed by atoms with Crippen molar-refractivity contribution >= 4 is 11.7 Å². The highest BCUT2D eigenvalue weighted by molar-refractivity contribution is 5.94. The lowest BCUT2D eigenvalue weighted by Crippen LogP contribution is -2.36. The highest BCUT2D eigenvalue weighted by Crippen LogP contribution is 2.33. The molecule has 1 fully saturated rings. The van der Waals surface area contributed by atoms with Crippen LogP contribution in [0.3, 0.4) is 0 Å². The van der Waals surface area contributed by atoms with E-state index in [4.69, 9.17) is 4.52 Å². The van der Waals surface area contributed by atoms with Gasteiger partial charge < -0.3 is 14.4 Å². The number of hydrogen-bond donors (Lipinski definition) is 1. The smallest absolute Gasteiger partial charge is 0.247 e. The third-order valence-corrected chi connectivity index (χ3v) is 4.94. The van der Waals surface area contributed by atoms with Crippen LogP contribution in [-0.4, -0.2) is 43.8 Å². The van der Waals surface area contributed by atoms with Crippen LogP contribution in [0.4, 0.5) is 5.82 Å². The molecule has 8 heteroatoms. The summed E-state index contributed by atoms with van der Waals surface area (Å²) in [6.07, 6.45) is 2.65. The van der Waals surface area contributed by atoms with Crippen LogP contribution in [0, 0.1) is 6.92 Å². The van der Waals surface area contributed by atoms with Crippen molar-refractivity contribution in [3.63, 3.8) is 0 Å². The van der Waals surface area contributed by atoms with Crippen molar-refractivity contribution in [1.82, 2.24) is 24.8 Å². The fourth-order valence-electron chi connectivity index (χ4n) is 3.68. The summed E-state index contributed by atoms with van der Waals surface area (Å²) in [5.41, 5.74) is 0.953. The molecule has 3 aromatic rings. The molecule has 0 aliphatic carbocycles. The molecule has 0 saturated carbocycles. The summed E-state index contributed by atoms with van der Waals surface area (Å²) in [7, 11) is 1.95. The van der Waals surface area contributed by atoms with Crippen molar-refractivity contribution in [3.8, 4) is 0 Å². The molecule has 0 radical (unpaired) electrons. The van der Waals surface area contributed by atoms with Gasteiger partial charge in [-0.25, -0.2) is 0 Å². The Morgan fingerprint density at radius 1 is 1.33 bits per heavy atom. The second-order valence-electron chi connectivity index (χ2n) is 6.91. The van der Waals surface area contributed by atoms with E-state index >= 15 is 0 Å². The SMILES string of the molecule is Cc1cc(NC(=O)C(c2ccccc2)N2CCC(c3nncn3C)C2)no1. The molecule has 27 heavy (non-hydrogen) atoms. The fourth-order valence-corrected chi connectivity index (χ4v) is 3.68. The first-order chi connectivity index (χ1) is 13.1. The number of hydrogen-bond acceptors (Lipinski definition) is 6. The van der Waals surface area contributed by atoms with Crippen molar-refractivity contribution in [2.45, 2.75) is 25.3 Å². The van der Waals surface area contributed by atoms with E-state index in [1.165, 1.54) is 0 Å². The van der Waals surface area contributed by atoms with Crippen LogP contribution in [0.25, 0.3) is 0 Å². The molecule has 2 atom stereocenters. The molecule has 0 spiro atoms. The zero-order chi connectivity index (χ0) is 18.8. The van der Waals surface area contributed by atoms with Crippen molar-refractivity contribution in [1.29, 1.82) is 0 Å². The second-order valence-corrected chi connectivity index (χ2v) is 6.91. The lowest BCUT2D eigenvalue weighted by atomic mass is 10.0. The summed E-state index contributed by atoms with van der Waals surface area (Å²) in [5, 5.41) is 15.0. The Balaban J connectivity index is 1.57. The molecule has 8 nitrogen and oxygen atoms in total. The van der Waals surface area contributed by atoms with Gasteiger partial charge in [0.1, 0.15) is 24.0 Å². The Kier molecular flexibility index (Phi) is 4.72. The largest absolute Gasteiger partial charge is 0.360 e. The molecule has 1 N–H and O–H groups in total. The lowest BCUT2D eigenvalue weighted by Gasteiger charge is -2.27. The molecule has 1 saturated heterocycles. The Morgan fingerprint density at radius 2 is 2.15 bits per heavy atom. The van der Waals surface area contributed by atoms with Gasteiger partial charge in [-0.15, -0.1) is 10.2 Å². The fraction of sp³-hybridized carbons (Fsp3) is 0.368. The van der Waals surface area contributed by atoms with Crippen LogP contribution in [0.5, 0.6) is 0 Å². The summed E-state index contributed by atoms with van der Waals surface area (Å²) >= 11 is 0. The first-order valence-corrected chi connectivity index (χ1v) is 8.99. The van der Waals surface area contributed by atoms with Crippen LogP contribution in [0.2, 0.25) is 0 Å². The molecule has 140 valence electrons. The number of rotatable bonds is 5. The minimum absolute atomic E-state index is 0.117. The number of likely N-dealkylation sites (tertiary alicyclic amines) is 1. The highest BCUT2D eigenvalue weighted by atomic mass is 16.5. The molecule has 1 aliphatic rings. The van der Waals surface area contributed by atoms with E-state index in [1.54, 1.807) is 19.3 Å². The number of carbonyl (C=O) groups is 1. The van der Waals surface area contributed by atoms with Crippen LogP contribution in [0.1, 0.15) is 35.5 Å². The Hall–Kier alpha value is -3.00. The van der Waals surface area contributed by atoms with Gasteiger partial charge in [-0.05, 0) is 18.9 Å². The van der Waals surface area contributed by atoms with Crippen LogP contribution in [-0.2, 0) is 11.8 Å². The van der Waals surface area contributed by atoms with Gasteiger partial charge in [0, 0.05) is 32.1 Å². The molecular weight excluding hydrogens is 344 g/mol. The van der Waals surface area contributed by atoms with Gasteiger partial charge in [0.15, 0.2) is 5.82 Å². The molecular formula is C19H22N6O2. The van der Waals surface area contributed by atoms with Gasteiger partial charge in [-0.1, -0.05) is 35.5 Å². The number of amides is 1. The predicted octanol–water partition coefficient (Wildman–Crippen LogP) is 2.28. The van der Waals surface area contributed by atoms with Crippen LogP contribution < -0.4 is 5.32 Å². The van der Waals surface area contributed by atoms with Gasteiger partial charge in [-0.2, -0.15) is 0 Å². The maximum absolute atomic E-state index is 13.1. The minimum Gasteiger partial charge on any atom is -0.360 e. The molecule has 3 heterocycles. The van der Waals surface area contributed by atoms with Gasteiger partial charge >= 0.3 is 0 Å². The van der Waals surface area contributed by atoms with E-state index in [1.807, 2.05) is 41.9 Å². The summed E-state index contributed by atoms with van der Waals surface area (Å²) in [6.45, 7) is 3.35. The highest BCUT2D eigenvalue weighted by Gasteiger charge is 2.35. The van der Waals surface area contributed by atoms with Gasteiger partial charge in [-0.3, -0.25) is 9.69 Å². The van der Waals surface area contributed by atoms with E-state index in [0.717, 1.165) is 30.9 Å². The van der Waals surface area contributed by atoms with Gasteiger partial charge in [0.2, 0.25) is 5.91 Å². The summed E-state index contributed by atoms with van der Waals surface area (Å²) in [6, 6.07) is 11.1. The number of nitrogens with zero attached hydrogens (tertiary/aromatic N) is 5. The Morgan fingerprint density at radius 3 is 2.81 bits per heavy atom. The van der Waals surface area contributed by atoms with Gasteiger partial charge in [0.25, 0.3) is 0 Å². The van der Waals surface area contributed by atoms with Crippen LogP contribution >= 0.6 is 0 Å². The topological polar surface area (TPSA) is 89.1 Å². The van der Waals surface area contributed by atoms with E-state index in [2.05, 4.69) is 25.6 Å². The quantitative estimate of drug-likeness (QED) is 0.745. The van der Waals surface area contributed by atoms with E-state index in [0.29, 0.717) is 11.6 Å². The number of carbonyl (C=O) groups excluding carboxylic acids is 1. The number of benzene rings is 1. The number of aryl methyl sites for hydroxylation is 2. The average Bonchev–Trinajstić information content (AvgIpc) is 3.38. The van der Waals surface area contributed by atoms with E-state index in [9.17, 15) is 4.79 Å². The Labute approximate surface area is 157 Å². The zero-order valence-electron chi connectivity index (χ0n) is 15.4. The second kappa shape index (κ2) is 7.32. The number of aromatic nitrogens is 4. The normalized spacial score (nSPS) is 18.5. The molecule has 1 amide bonds. The van der Waals surface area contributed by atoms with Crippen molar-refractivity contribution in [2.24, 2.45) is 7.05 Å². The first kappa shape index (κ1) is 17.4. The summed E-state index contributed by atoms with van der Waals surface area (Å²) in [4.78, 5) is 15.3. The summed E-state index contributed by atoms with van der Waals surface area (Å²) < 4.78 is 7.01. The Bertz CT molecular complexity index is 919. The average molecular weight is 366 g/mol. The third kappa shape index (κ3) is 3.61. The first-order valence-electron chi connectivity index (χ1n) is 8.99. The molecule has 2 aromatic heterocycles. The van der Waals surface area contributed by atoms with Crippen molar-refractivity contribution in [3.05, 3.63) is 59.9 Å². The third-order valence-electron chi connectivity index (χ3n) is 4.94. The minimum atomic E-state index is -0.401. The zero-order valence-corrected chi connectivity index (χ0v) is 15.4. The van der Waals surface area contributed by atoms with Crippen molar-refractivity contribution < 1.29 is 9.32 Å². The van der Waals surface area contributed by atoms with E-state index in [-0.39, 0.29) is 11.8 Å². The molecule has 4 rings (SSSR count). The molecule has 1 aromatic carbocycles. The maximum atomic E-state index is 13.1. The standard InChI is InChI=1S/C19H22N6O2/c1-13-10-16(23-27-13)21-19(26)17(14-6-4-3-5-7-14)25-9-8-15(11-25)18-22-20-12-24(18)2/h3-7,10,12,15,17H,8-9,11H2,1-2H3,(H,21,23,26). The monoisotopic (exact) mass is 366 g/mol. The molecule has 1 aliphatic heterocycles. The summed E-state index contributed by atoms with van der Waals surface area (Å²) in [5.74, 6) is 2.18. The van der Waals surface area contributed by atoms with Crippen molar-refractivity contribution in [2.75, 3.05) is 18.4 Å². The van der Waals surface area contributed by atoms with Gasteiger partial charge in [0.05, 0.1) is 0 Å².